The number of para-hydroxylation sites is 2. The molecule has 30 heavy (non-hydrogen) atoms. The summed E-state index contributed by atoms with van der Waals surface area (Å²) in [6.45, 7) is 0.728. The maximum Gasteiger partial charge on any atom is 0.316 e. The molecule has 0 aliphatic rings. The van der Waals surface area contributed by atoms with E-state index in [1.807, 2.05) is 41.0 Å². The number of carbonyl (C=O) groups is 1. The Kier molecular flexibility index (Phi) is 6.35. The second-order valence-corrected chi connectivity index (χ2v) is 8.05. The maximum absolute atomic E-state index is 13.2. The van der Waals surface area contributed by atoms with Crippen molar-refractivity contribution < 1.29 is 13.9 Å². The molecule has 0 aliphatic heterocycles. The maximum atomic E-state index is 13.2. The van der Waals surface area contributed by atoms with Crippen LogP contribution in [0.3, 0.4) is 0 Å². The smallest absolute Gasteiger partial charge is 0.316 e. The SMILES string of the molecule is O=C(CSc1nc2ccccc2n1Cc1ccc(F)cc1)OCc1ccc(Cl)cc1. The van der Waals surface area contributed by atoms with Crippen molar-refractivity contribution in [2.24, 2.45) is 0 Å². The Bertz CT molecular complexity index is 1160. The van der Waals surface area contributed by atoms with Crippen LogP contribution in [0.4, 0.5) is 4.39 Å². The van der Waals surface area contributed by atoms with Gasteiger partial charge in [0.05, 0.1) is 23.3 Å². The number of thioether (sulfide) groups is 1. The predicted molar refractivity (Wildman–Crippen MR) is 117 cm³/mol. The van der Waals surface area contributed by atoms with Crippen molar-refractivity contribution in [1.82, 2.24) is 9.55 Å². The van der Waals surface area contributed by atoms with E-state index in [4.69, 9.17) is 16.3 Å². The average Bonchev–Trinajstić information content (AvgIpc) is 3.11. The molecule has 4 nitrogen and oxygen atoms in total. The van der Waals surface area contributed by atoms with Crippen LogP contribution < -0.4 is 0 Å². The van der Waals surface area contributed by atoms with Crippen molar-refractivity contribution in [2.75, 3.05) is 5.75 Å². The van der Waals surface area contributed by atoms with Gasteiger partial charge in [0.25, 0.3) is 0 Å². The molecule has 0 amide bonds. The van der Waals surface area contributed by atoms with Crippen LogP contribution in [0.1, 0.15) is 11.1 Å². The summed E-state index contributed by atoms with van der Waals surface area (Å²) in [4.78, 5) is 16.9. The van der Waals surface area contributed by atoms with E-state index < -0.39 is 0 Å². The molecular formula is C23H18ClFN2O2S. The Morgan fingerprint density at radius 2 is 1.70 bits per heavy atom. The van der Waals surface area contributed by atoms with Gasteiger partial charge in [-0.2, -0.15) is 0 Å². The van der Waals surface area contributed by atoms with Gasteiger partial charge in [-0.1, -0.05) is 59.8 Å². The van der Waals surface area contributed by atoms with Crippen LogP contribution in [0.2, 0.25) is 5.02 Å². The van der Waals surface area contributed by atoms with Crippen molar-refractivity contribution in [1.29, 1.82) is 0 Å². The molecule has 0 unspecified atom stereocenters. The van der Waals surface area contributed by atoms with Crippen LogP contribution in [0.25, 0.3) is 11.0 Å². The van der Waals surface area contributed by atoms with Crippen molar-refractivity contribution in [3.63, 3.8) is 0 Å². The number of halogens is 2. The van der Waals surface area contributed by atoms with Gasteiger partial charge in [-0.3, -0.25) is 4.79 Å². The van der Waals surface area contributed by atoms with Gasteiger partial charge >= 0.3 is 5.97 Å². The van der Waals surface area contributed by atoms with E-state index in [0.29, 0.717) is 16.7 Å². The average molecular weight is 441 g/mol. The van der Waals surface area contributed by atoms with Gasteiger partial charge in [-0.05, 0) is 47.5 Å². The Labute approximate surface area is 182 Å². The Morgan fingerprint density at radius 1 is 1.00 bits per heavy atom. The summed E-state index contributed by atoms with van der Waals surface area (Å²) >= 11 is 7.19. The number of fused-ring (bicyclic) bond motifs is 1. The van der Waals surface area contributed by atoms with Gasteiger partial charge in [0.2, 0.25) is 0 Å². The van der Waals surface area contributed by atoms with Crippen molar-refractivity contribution in [3.8, 4) is 0 Å². The monoisotopic (exact) mass is 440 g/mol. The van der Waals surface area contributed by atoms with Crippen molar-refractivity contribution >= 4 is 40.4 Å². The lowest BCUT2D eigenvalue weighted by atomic mass is 10.2. The third-order valence-electron chi connectivity index (χ3n) is 4.51. The fourth-order valence-corrected chi connectivity index (χ4v) is 3.94. The van der Waals surface area contributed by atoms with Crippen LogP contribution in [0.15, 0.2) is 78.0 Å². The van der Waals surface area contributed by atoms with Crippen LogP contribution >= 0.6 is 23.4 Å². The first-order valence-corrected chi connectivity index (χ1v) is 10.7. The van der Waals surface area contributed by atoms with Crippen LogP contribution in [-0.4, -0.2) is 21.3 Å². The molecule has 1 heterocycles. The number of carbonyl (C=O) groups excluding carboxylic acids is 1. The van der Waals surface area contributed by atoms with Crippen LogP contribution in [0.5, 0.6) is 0 Å². The minimum atomic E-state index is -0.324. The number of hydrogen-bond donors (Lipinski definition) is 0. The summed E-state index contributed by atoms with van der Waals surface area (Å²) in [5, 5.41) is 1.35. The lowest BCUT2D eigenvalue weighted by molar-refractivity contribution is -0.141. The molecular weight excluding hydrogens is 423 g/mol. The summed E-state index contributed by atoms with van der Waals surface area (Å²) in [6.07, 6.45) is 0. The summed E-state index contributed by atoms with van der Waals surface area (Å²) in [6, 6.07) is 21.3. The standard InChI is InChI=1S/C23H18ClFN2O2S/c24-18-9-5-17(6-10-18)14-29-22(28)15-30-23-26-20-3-1-2-4-21(20)27(23)13-16-7-11-19(25)12-8-16/h1-12H,13-15H2. The molecule has 0 saturated heterocycles. The summed E-state index contributed by atoms with van der Waals surface area (Å²) in [7, 11) is 0. The van der Waals surface area contributed by atoms with E-state index in [9.17, 15) is 9.18 Å². The molecule has 0 saturated carbocycles. The molecule has 0 spiro atoms. The fourth-order valence-electron chi connectivity index (χ4n) is 3.00. The van der Waals surface area contributed by atoms with Gasteiger partial charge in [-0.25, -0.2) is 9.37 Å². The predicted octanol–water partition coefficient (Wildman–Crippen LogP) is 5.71. The summed E-state index contributed by atoms with van der Waals surface area (Å²) < 4.78 is 20.6. The molecule has 0 atom stereocenters. The summed E-state index contributed by atoms with van der Waals surface area (Å²) in [5.41, 5.74) is 3.63. The highest BCUT2D eigenvalue weighted by Crippen LogP contribution is 2.25. The van der Waals surface area contributed by atoms with Crippen molar-refractivity contribution in [2.45, 2.75) is 18.3 Å². The highest BCUT2D eigenvalue weighted by molar-refractivity contribution is 7.99. The Balaban J connectivity index is 1.45. The zero-order valence-corrected chi connectivity index (χ0v) is 17.5. The lowest BCUT2D eigenvalue weighted by Crippen LogP contribution is -2.09. The van der Waals surface area contributed by atoms with E-state index in [1.165, 1.54) is 23.9 Å². The molecule has 4 aromatic rings. The van der Waals surface area contributed by atoms with Crippen LogP contribution in [-0.2, 0) is 22.7 Å². The molecule has 0 aliphatic carbocycles. The largest absolute Gasteiger partial charge is 0.460 e. The normalized spacial score (nSPS) is 11.0. The molecule has 4 rings (SSSR count). The first-order valence-electron chi connectivity index (χ1n) is 9.31. The number of esters is 1. The number of rotatable bonds is 7. The summed E-state index contributed by atoms with van der Waals surface area (Å²) in [5.74, 6) is -0.456. The van der Waals surface area contributed by atoms with Crippen LogP contribution in [0, 0.1) is 5.82 Å². The number of nitrogens with zero attached hydrogens (tertiary/aromatic N) is 2. The number of benzene rings is 3. The van der Waals surface area contributed by atoms with E-state index in [0.717, 1.165) is 22.2 Å². The van der Waals surface area contributed by atoms with E-state index in [2.05, 4.69) is 4.98 Å². The Hall–Kier alpha value is -2.83. The molecule has 0 radical (unpaired) electrons. The number of aromatic nitrogens is 2. The second kappa shape index (κ2) is 9.32. The van der Waals surface area contributed by atoms with Gasteiger partial charge in [0.15, 0.2) is 5.16 Å². The molecule has 0 N–H and O–H groups in total. The quantitative estimate of drug-likeness (QED) is 0.272. The zero-order valence-electron chi connectivity index (χ0n) is 15.9. The first kappa shape index (κ1) is 20.4. The fraction of sp³-hybridized carbons (Fsp3) is 0.130. The van der Waals surface area contributed by atoms with Gasteiger partial charge in [-0.15, -0.1) is 0 Å². The highest BCUT2D eigenvalue weighted by Gasteiger charge is 2.14. The van der Waals surface area contributed by atoms with E-state index in [1.54, 1.807) is 24.3 Å². The lowest BCUT2D eigenvalue weighted by Gasteiger charge is -2.09. The van der Waals surface area contributed by atoms with Crippen molar-refractivity contribution in [3.05, 3.63) is 94.8 Å². The Morgan fingerprint density at radius 3 is 2.47 bits per heavy atom. The molecule has 0 bridgehead atoms. The van der Waals surface area contributed by atoms with E-state index >= 15 is 0 Å². The van der Waals surface area contributed by atoms with Gasteiger partial charge < -0.3 is 9.30 Å². The van der Waals surface area contributed by atoms with E-state index in [-0.39, 0.29) is 24.1 Å². The third kappa shape index (κ3) is 5.01. The number of imidazole rings is 1. The first-order chi connectivity index (χ1) is 14.6. The van der Waals surface area contributed by atoms with Gasteiger partial charge in [0, 0.05) is 5.02 Å². The zero-order chi connectivity index (χ0) is 20.9. The molecule has 0 fully saturated rings. The molecule has 3 aromatic carbocycles. The second-order valence-electron chi connectivity index (χ2n) is 6.67. The highest BCUT2D eigenvalue weighted by atomic mass is 35.5. The molecule has 1 aromatic heterocycles. The minimum absolute atomic E-state index is 0.139. The number of ether oxygens (including phenoxy) is 1. The van der Waals surface area contributed by atoms with Gasteiger partial charge in [0.1, 0.15) is 12.4 Å². The topological polar surface area (TPSA) is 44.1 Å². The molecule has 152 valence electrons. The third-order valence-corrected chi connectivity index (χ3v) is 5.71. The minimum Gasteiger partial charge on any atom is -0.460 e. The number of hydrogen-bond acceptors (Lipinski definition) is 4. The molecule has 7 heteroatoms.